The molecule has 0 bridgehead atoms. The zero-order valence-corrected chi connectivity index (χ0v) is 17.1. The summed E-state index contributed by atoms with van der Waals surface area (Å²) in [5, 5.41) is 3.55. The van der Waals surface area contributed by atoms with Crippen molar-refractivity contribution in [3.05, 3.63) is 59.3 Å². The van der Waals surface area contributed by atoms with Gasteiger partial charge in [0.1, 0.15) is 0 Å². The predicted molar refractivity (Wildman–Crippen MR) is 110 cm³/mol. The molecule has 30 heavy (non-hydrogen) atoms. The van der Waals surface area contributed by atoms with Gasteiger partial charge in [0.05, 0.1) is 22.7 Å². The molecular weight excluding hydrogens is 435 g/mol. The molecule has 11 heteroatoms. The van der Waals surface area contributed by atoms with E-state index in [2.05, 4.69) is 25.0 Å². The molecule has 3 aromatic heterocycles. The molecule has 0 unspecified atom stereocenters. The van der Waals surface area contributed by atoms with E-state index in [-0.39, 0.29) is 17.1 Å². The largest absolute Gasteiger partial charge is 0.417 e. The third-order valence-electron chi connectivity index (χ3n) is 4.16. The molecule has 3 aromatic rings. The Labute approximate surface area is 178 Å². The number of hydrogen-bond acceptors (Lipinski definition) is 7. The summed E-state index contributed by atoms with van der Waals surface area (Å²) < 4.78 is 41.9. The van der Waals surface area contributed by atoms with Crippen molar-refractivity contribution in [1.82, 2.24) is 20.3 Å². The van der Waals surface area contributed by atoms with Crippen molar-refractivity contribution in [2.75, 3.05) is 4.72 Å². The van der Waals surface area contributed by atoms with Crippen LogP contribution in [0.25, 0.3) is 10.4 Å². The molecule has 1 fully saturated rings. The van der Waals surface area contributed by atoms with E-state index in [1.807, 2.05) is 12.1 Å². The van der Waals surface area contributed by atoms with Gasteiger partial charge >= 0.3 is 6.18 Å². The summed E-state index contributed by atoms with van der Waals surface area (Å²) in [6, 6.07) is 4.71. The lowest BCUT2D eigenvalue weighted by Crippen LogP contribution is -2.23. The van der Waals surface area contributed by atoms with Crippen LogP contribution in [-0.4, -0.2) is 26.1 Å². The average Bonchev–Trinajstić information content (AvgIpc) is 3.44. The van der Waals surface area contributed by atoms with Gasteiger partial charge in [0.15, 0.2) is 5.01 Å². The van der Waals surface area contributed by atoms with Gasteiger partial charge in [0.25, 0.3) is 5.91 Å². The molecule has 0 aromatic carbocycles. The molecule has 0 radical (unpaired) electrons. The molecule has 1 aliphatic carbocycles. The quantitative estimate of drug-likeness (QED) is 0.504. The number of halogens is 3. The van der Waals surface area contributed by atoms with E-state index in [9.17, 15) is 18.0 Å². The fourth-order valence-electron chi connectivity index (χ4n) is 2.46. The topological polar surface area (TPSA) is 79.8 Å². The van der Waals surface area contributed by atoms with Crippen LogP contribution in [0.3, 0.4) is 0 Å². The van der Waals surface area contributed by atoms with Crippen LogP contribution in [-0.2, 0) is 12.7 Å². The molecule has 0 saturated heterocycles. The summed E-state index contributed by atoms with van der Waals surface area (Å²) in [6.45, 7) is 0.211. The van der Waals surface area contributed by atoms with Crippen molar-refractivity contribution in [1.29, 1.82) is 0 Å². The van der Waals surface area contributed by atoms with Crippen LogP contribution in [0.4, 0.5) is 18.9 Å². The second-order valence-corrected chi connectivity index (χ2v) is 8.76. The number of carbonyl (C=O) groups excluding carboxylic acids is 1. The van der Waals surface area contributed by atoms with Gasteiger partial charge in [-0.1, -0.05) is 0 Å². The molecule has 1 aliphatic rings. The average molecular weight is 451 g/mol. The first-order valence-electron chi connectivity index (χ1n) is 9.02. The van der Waals surface area contributed by atoms with Crippen LogP contribution in [0, 0.1) is 0 Å². The highest BCUT2D eigenvalue weighted by Gasteiger charge is 2.31. The number of hydrogen-bond donors (Lipinski definition) is 2. The summed E-state index contributed by atoms with van der Waals surface area (Å²) in [7, 11) is 0. The standard InChI is InChI=1S/C19H16F3N5OS2/c20-19(21,22)12-5-11(7-23-8-12)16-10-26-18(29-16)17(28)25-9-14-6-13(3-4-24-14)27-30-15-1-2-15/h3-8,10,15H,1-2,9H2,(H,24,27)(H,25,28). The molecule has 1 amide bonds. The van der Waals surface area contributed by atoms with E-state index in [1.165, 1.54) is 25.2 Å². The van der Waals surface area contributed by atoms with Crippen molar-refractivity contribution in [2.24, 2.45) is 0 Å². The maximum atomic E-state index is 12.9. The normalized spacial score (nSPS) is 13.8. The number of amides is 1. The van der Waals surface area contributed by atoms with E-state index >= 15 is 0 Å². The summed E-state index contributed by atoms with van der Waals surface area (Å²) in [5.74, 6) is -0.418. The Morgan fingerprint density at radius 3 is 2.80 bits per heavy atom. The monoisotopic (exact) mass is 451 g/mol. The van der Waals surface area contributed by atoms with E-state index in [1.54, 1.807) is 18.1 Å². The lowest BCUT2D eigenvalue weighted by molar-refractivity contribution is -0.137. The fraction of sp³-hybridized carbons (Fsp3) is 0.263. The lowest BCUT2D eigenvalue weighted by atomic mass is 10.2. The highest BCUT2D eigenvalue weighted by atomic mass is 32.2. The number of rotatable bonds is 7. The number of nitrogens with one attached hydrogen (secondary N) is 2. The third kappa shape index (κ3) is 5.28. The van der Waals surface area contributed by atoms with Crippen molar-refractivity contribution in [3.8, 4) is 10.4 Å². The summed E-state index contributed by atoms with van der Waals surface area (Å²) in [6.07, 6.45) is 3.06. The second-order valence-electron chi connectivity index (χ2n) is 6.63. The minimum atomic E-state index is -4.48. The lowest BCUT2D eigenvalue weighted by Gasteiger charge is -2.07. The van der Waals surface area contributed by atoms with Gasteiger partial charge in [-0.3, -0.25) is 14.8 Å². The van der Waals surface area contributed by atoms with Crippen LogP contribution in [0.15, 0.2) is 43.0 Å². The van der Waals surface area contributed by atoms with E-state index in [4.69, 9.17) is 0 Å². The Bertz CT molecular complexity index is 1050. The predicted octanol–water partition coefficient (Wildman–Crippen LogP) is 4.77. The van der Waals surface area contributed by atoms with Crippen LogP contribution >= 0.6 is 23.3 Å². The summed E-state index contributed by atoms with van der Waals surface area (Å²) in [5.41, 5.74) is 1.01. The number of alkyl halides is 3. The zero-order chi connectivity index (χ0) is 21.1. The van der Waals surface area contributed by atoms with E-state index < -0.39 is 17.6 Å². The highest BCUT2D eigenvalue weighted by molar-refractivity contribution is 8.01. The zero-order valence-electron chi connectivity index (χ0n) is 15.4. The Morgan fingerprint density at radius 1 is 1.20 bits per heavy atom. The van der Waals surface area contributed by atoms with Gasteiger partial charge in [-0.2, -0.15) is 13.2 Å². The Balaban J connectivity index is 1.38. The molecule has 1 saturated carbocycles. The Hall–Kier alpha value is -2.66. The molecule has 0 aliphatic heterocycles. The maximum Gasteiger partial charge on any atom is 0.417 e. The van der Waals surface area contributed by atoms with Crippen LogP contribution < -0.4 is 10.0 Å². The Kier molecular flexibility index (Phi) is 5.91. The first-order chi connectivity index (χ1) is 14.4. The van der Waals surface area contributed by atoms with Crippen molar-refractivity contribution >= 4 is 34.9 Å². The first-order valence-corrected chi connectivity index (χ1v) is 10.7. The molecule has 2 N–H and O–H groups in total. The summed E-state index contributed by atoms with van der Waals surface area (Å²) in [4.78, 5) is 24.7. The van der Waals surface area contributed by atoms with Gasteiger partial charge in [-0.05, 0) is 43.0 Å². The van der Waals surface area contributed by atoms with Crippen molar-refractivity contribution < 1.29 is 18.0 Å². The van der Waals surface area contributed by atoms with Gasteiger partial charge in [0.2, 0.25) is 0 Å². The minimum absolute atomic E-state index is 0.154. The van der Waals surface area contributed by atoms with Crippen molar-refractivity contribution in [2.45, 2.75) is 30.8 Å². The SMILES string of the molecule is O=C(NCc1cc(NSC2CC2)ccn1)c1ncc(-c2cncc(C(F)(F)F)c2)s1. The van der Waals surface area contributed by atoms with Gasteiger partial charge in [-0.15, -0.1) is 11.3 Å². The number of aromatic nitrogens is 3. The molecule has 156 valence electrons. The number of nitrogens with zero attached hydrogens (tertiary/aromatic N) is 3. The first kappa shape index (κ1) is 20.6. The summed E-state index contributed by atoms with van der Waals surface area (Å²) >= 11 is 2.68. The van der Waals surface area contributed by atoms with Gasteiger partial charge < -0.3 is 10.0 Å². The molecule has 6 nitrogen and oxygen atoms in total. The van der Waals surface area contributed by atoms with Crippen molar-refractivity contribution in [3.63, 3.8) is 0 Å². The fourth-order valence-corrected chi connectivity index (χ4v) is 4.08. The number of pyridine rings is 2. The number of carbonyl (C=O) groups is 1. The number of thiazole rings is 1. The van der Waals surface area contributed by atoms with E-state index in [0.29, 0.717) is 15.8 Å². The van der Waals surface area contributed by atoms with E-state index in [0.717, 1.165) is 29.3 Å². The smallest absolute Gasteiger partial charge is 0.344 e. The molecule has 3 heterocycles. The van der Waals surface area contributed by atoms with Gasteiger partial charge in [0, 0.05) is 41.3 Å². The van der Waals surface area contributed by atoms with Crippen LogP contribution in [0.2, 0.25) is 0 Å². The van der Waals surface area contributed by atoms with Crippen LogP contribution in [0.5, 0.6) is 0 Å². The minimum Gasteiger partial charge on any atom is -0.344 e. The van der Waals surface area contributed by atoms with Gasteiger partial charge in [-0.25, -0.2) is 4.98 Å². The molecule has 4 rings (SSSR count). The molecular formula is C19H16F3N5OS2. The molecule has 0 atom stereocenters. The number of anilines is 1. The molecule has 0 spiro atoms. The maximum absolute atomic E-state index is 12.9. The third-order valence-corrected chi connectivity index (χ3v) is 6.37. The second kappa shape index (κ2) is 8.60. The highest BCUT2D eigenvalue weighted by Crippen LogP contribution is 2.34. The van der Waals surface area contributed by atoms with Crippen LogP contribution in [0.1, 0.15) is 33.9 Å². The Morgan fingerprint density at radius 2 is 2.03 bits per heavy atom.